The van der Waals surface area contributed by atoms with Gasteiger partial charge in [-0.2, -0.15) is 11.8 Å². The van der Waals surface area contributed by atoms with Crippen molar-refractivity contribution in [2.24, 2.45) is 0 Å². The molecule has 0 bridgehead atoms. The number of ether oxygens (including phenoxy) is 1. The Morgan fingerprint density at radius 1 is 1.29 bits per heavy atom. The van der Waals surface area contributed by atoms with Crippen molar-refractivity contribution in [1.29, 1.82) is 0 Å². The molecule has 0 radical (unpaired) electrons. The van der Waals surface area contributed by atoms with Gasteiger partial charge in [0, 0.05) is 5.75 Å². The lowest BCUT2D eigenvalue weighted by atomic mass is 10.2. The third kappa shape index (κ3) is 8.39. The highest BCUT2D eigenvalue weighted by atomic mass is 32.2. The standard InChI is InChI=1S/C20H27N3O3S2/c1-20(2,3)26-18(24)21-16(12-14-27-4)17-22-23-19(25-17)28-13-8-11-15-9-6-5-7-10-15/h5-11,16H,12-14H2,1-4H3,(H,21,24). The van der Waals surface area contributed by atoms with Gasteiger partial charge >= 0.3 is 6.09 Å². The van der Waals surface area contributed by atoms with Crippen molar-refractivity contribution in [3.05, 3.63) is 47.9 Å². The van der Waals surface area contributed by atoms with E-state index in [0.29, 0.717) is 23.3 Å². The summed E-state index contributed by atoms with van der Waals surface area (Å²) in [6, 6.07) is 9.72. The molecule has 2 aromatic rings. The fraction of sp³-hybridized carbons (Fsp3) is 0.450. The quantitative estimate of drug-likeness (QED) is 0.558. The van der Waals surface area contributed by atoms with Gasteiger partial charge in [0.15, 0.2) is 0 Å². The van der Waals surface area contributed by atoms with Crippen LogP contribution < -0.4 is 5.32 Å². The molecule has 1 N–H and O–H groups in total. The number of benzene rings is 1. The number of nitrogens with one attached hydrogen (secondary N) is 1. The van der Waals surface area contributed by atoms with Crippen molar-refractivity contribution in [2.75, 3.05) is 17.8 Å². The average Bonchev–Trinajstić information content (AvgIpc) is 3.10. The van der Waals surface area contributed by atoms with Crippen molar-refractivity contribution < 1.29 is 13.9 Å². The van der Waals surface area contributed by atoms with E-state index in [0.717, 1.165) is 11.3 Å². The summed E-state index contributed by atoms with van der Waals surface area (Å²) >= 11 is 3.14. The smallest absolute Gasteiger partial charge is 0.408 e. The minimum absolute atomic E-state index is 0.371. The number of carbonyl (C=O) groups excluding carboxylic acids is 1. The van der Waals surface area contributed by atoms with Crippen molar-refractivity contribution in [3.63, 3.8) is 0 Å². The Kier molecular flexibility index (Phi) is 8.92. The largest absolute Gasteiger partial charge is 0.444 e. The highest BCUT2D eigenvalue weighted by molar-refractivity contribution is 7.99. The second-order valence-electron chi connectivity index (χ2n) is 7.01. The zero-order chi connectivity index (χ0) is 20.4. The molecule has 0 aliphatic rings. The zero-order valence-corrected chi connectivity index (χ0v) is 18.3. The predicted octanol–water partition coefficient (Wildman–Crippen LogP) is 5.19. The van der Waals surface area contributed by atoms with Gasteiger partial charge in [-0.1, -0.05) is 54.2 Å². The van der Waals surface area contributed by atoms with Crippen LogP contribution in [0.1, 0.15) is 44.7 Å². The number of rotatable bonds is 9. The Morgan fingerprint density at radius 3 is 2.71 bits per heavy atom. The topological polar surface area (TPSA) is 77.2 Å². The highest BCUT2D eigenvalue weighted by Gasteiger charge is 2.24. The highest BCUT2D eigenvalue weighted by Crippen LogP contribution is 2.23. The first-order valence-corrected chi connectivity index (χ1v) is 11.4. The number of aromatic nitrogens is 2. The van der Waals surface area contributed by atoms with Gasteiger partial charge in [-0.3, -0.25) is 0 Å². The minimum atomic E-state index is -0.560. The van der Waals surface area contributed by atoms with E-state index in [9.17, 15) is 4.79 Å². The summed E-state index contributed by atoms with van der Waals surface area (Å²) in [6.45, 7) is 5.48. The fourth-order valence-corrected chi connectivity index (χ4v) is 3.28. The van der Waals surface area contributed by atoms with Gasteiger partial charge in [-0.25, -0.2) is 4.79 Å². The summed E-state index contributed by atoms with van der Waals surface area (Å²) in [4.78, 5) is 12.1. The van der Waals surface area contributed by atoms with Crippen LogP contribution >= 0.6 is 23.5 Å². The summed E-state index contributed by atoms with van der Waals surface area (Å²) < 4.78 is 11.1. The van der Waals surface area contributed by atoms with Crippen LogP contribution in [0, 0.1) is 0 Å². The maximum atomic E-state index is 12.1. The molecule has 1 unspecified atom stereocenters. The van der Waals surface area contributed by atoms with Gasteiger partial charge in [0.2, 0.25) is 5.89 Å². The van der Waals surface area contributed by atoms with Crippen LogP contribution in [-0.4, -0.2) is 39.7 Å². The number of alkyl carbamates (subject to hydrolysis) is 1. The van der Waals surface area contributed by atoms with E-state index in [1.807, 2.05) is 63.4 Å². The molecule has 6 nitrogen and oxygen atoms in total. The van der Waals surface area contributed by atoms with E-state index in [1.165, 1.54) is 11.8 Å². The summed E-state index contributed by atoms with van der Waals surface area (Å²) in [5, 5.41) is 11.5. The first-order valence-electron chi connectivity index (χ1n) is 9.03. The maximum Gasteiger partial charge on any atom is 0.408 e. The van der Waals surface area contributed by atoms with E-state index in [-0.39, 0.29) is 6.04 Å². The van der Waals surface area contributed by atoms with Crippen LogP contribution in [0.5, 0.6) is 0 Å². The van der Waals surface area contributed by atoms with Crippen molar-refractivity contribution in [1.82, 2.24) is 15.5 Å². The summed E-state index contributed by atoms with van der Waals surface area (Å²) in [5.41, 5.74) is 0.586. The molecule has 28 heavy (non-hydrogen) atoms. The number of carbonyl (C=O) groups is 1. The first-order chi connectivity index (χ1) is 13.4. The molecule has 0 saturated carbocycles. The van der Waals surface area contributed by atoms with Crippen LogP contribution in [0.25, 0.3) is 6.08 Å². The fourth-order valence-electron chi connectivity index (χ4n) is 2.23. The lowest BCUT2D eigenvalue weighted by Crippen LogP contribution is -2.35. The van der Waals surface area contributed by atoms with Crippen LogP contribution in [0.2, 0.25) is 0 Å². The number of hydrogen-bond donors (Lipinski definition) is 1. The van der Waals surface area contributed by atoms with Gasteiger partial charge in [-0.15, -0.1) is 10.2 Å². The Labute approximate surface area is 174 Å². The van der Waals surface area contributed by atoms with E-state index in [2.05, 4.69) is 21.6 Å². The van der Waals surface area contributed by atoms with Crippen molar-refractivity contribution >= 4 is 35.7 Å². The van der Waals surface area contributed by atoms with Gasteiger partial charge in [-0.05, 0) is 44.8 Å². The van der Waals surface area contributed by atoms with E-state index >= 15 is 0 Å². The molecule has 2 rings (SSSR count). The lowest BCUT2D eigenvalue weighted by Gasteiger charge is -2.22. The number of amides is 1. The molecule has 1 amide bonds. The van der Waals surface area contributed by atoms with Crippen LogP contribution in [-0.2, 0) is 4.74 Å². The van der Waals surface area contributed by atoms with Gasteiger partial charge in [0.1, 0.15) is 11.6 Å². The molecule has 152 valence electrons. The zero-order valence-electron chi connectivity index (χ0n) is 16.7. The van der Waals surface area contributed by atoms with Gasteiger partial charge < -0.3 is 14.5 Å². The van der Waals surface area contributed by atoms with Crippen LogP contribution in [0.15, 0.2) is 46.0 Å². The number of hydrogen-bond acceptors (Lipinski definition) is 7. The molecule has 0 aliphatic heterocycles. The Balaban J connectivity index is 1.92. The van der Waals surface area contributed by atoms with E-state index in [1.54, 1.807) is 11.8 Å². The number of nitrogens with zero attached hydrogens (tertiary/aromatic N) is 2. The molecule has 0 aliphatic carbocycles. The monoisotopic (exact) mass is 421 g/mol. The summed E-state index contributed by atoms with van der Waals surface area (Å²) in [5.74, 6) is 1.96. The molecule has 0 spiro atoms. The van der Waals surface area contributed by atoms with Crippen molar-refractivity contribution in [3.8, 4) is 0 Å². The SMILES string of the molecule is CSCCC(NC(=O)OC(C)(C)C)c1nnc(SCC=Cc2ccccc2)o1. The molecule has 1 aromatic heterocycles. The molecule has 1 atom stereocenters. The van der Waals surface area contributed by atoms with Gasteiger partial charge in [0.25, 0.3) is 5.22 Å². The third-order valence-electron chi connectivity index (χ3n) is 3.43. The van der Waals surface area contributed by atoms with E-state index in [4.69, 9.17) is 9.15 Å². The second kappa shape index (κ2) is 11.2. The molecule has 8 heteroatoms. The van der Waals surface area contributed by atoms with Crippen molar-refractivity contribution in [2.45, 2.75) is 44.1 Å². The number of thioether (sulfide) groups is 2. The normalized spacial score (nSPS) is 12.9. The summed E-state index contributed by atoms with van der Waals surface area (Å²) in [6.07, 6.45) is 6.31. The lowest BCUT2D eigenvalue weighted by molar-refractivity contribution is 0.0493. The van der Waals surface area contributed by atoms with Crippen LogP contribution in [0.4, 0.5) is 4.79 Å². The molecular weight excluding hydrogens is 394 g/mol. The Hall–Kier alpha value is -1.93. The predicted molar refractivity (Wildman–Crippen MR) is 116 cm³/mol. The van der Waals surface area contributed by atoms with Crippen LogP contribution in [0.3, 0.4) is 0 Å². The Bertz CT molecular complexity index is 758. The molecular formula is C20H27N3O3S2. The Morgan fingerprint density at radius 2 is 2.04 bits per heavy atom. The molecule has 0 saturated heterocycles. The minimum Gasteiger partial charge on any atom is -0.444 e. The molecule has 1 aromatic carbocycles. The molecule has 1 heterocycles. The summed E-state index contributed by atoms with van der Waals surface area (Å²) in [7, 11) is 0. The third-order valence-corrected chi connectivity index (χ3v) is 4.85. The van der Waals surface area contributed by atoms with Gasteiger partial charge in [0.05, 0.1) is 0 Å². The van der Waals surface area contributed by atoms with E-state index < -0.39 is 11.7 Å². The second-order valence-corrected chi connectivity index (χ2v) is 8.97. The molecule has 0 fully saturated rings. The average molecular weight is 422 g/mol. The maximum absolute atomic E-state index is 12.1. The first kappa shape index (κ1) is 22.4.